The van der Waals surface area contributed by atoms with E-state index in [0.29, 0.717) is 0 Å². The molecule has 0 bridgehead atoms. The summed E-state index contributed by atoms with van der Waals surface area (Å²) in [6.45, 7) is 0. The van der Waals surface area contributed by atoms with Gasteiger partial charge in [-0.15, -0.1) is 0 Å². The first-order chi connectivity index (χ1) is 4.46. The van der Waals surface area contributed by atoms with Crippen LogP contribution in [0.2, 0.25) is 0 Å². The quantitative estimate of drug-likeness (QED) is 0.345. The normalized spacial score (nSPS) is 13.5. The Balaban J connectivity index is 4.34. The van der Waals surface area contributed by atoms with Gasteiger partial charge >= 0.3 is 0 Å². The van der Waals surface area contributed by atoms with E-state index in [0.717, 1.165) is 0 Å². The van der Waals surface area contributed by atoms with Crippen molar-refractivity contribution in [3.63, 3.8) is 0 Å². The van der Waals surface area contributed by atoms with Crippen molar-refractivity contribution in [1.29, 1.82) is 0 Å². The number of rotatable bonds is 2. The van der Waals surface area contributed by atoms with Gasteiger partial charge in [-0.2, -0.15) is 4.39 Å². The molecule has 0 aliphatic heterocycles. The molecule has 10 heavy (non-hydrogen) atoms. The van der Waals surface area contributed by atoms with Gasteiger partial charge in [-0.1, -0.05) is 8.96 Å². The van der Waals surface area contributed by atoms with Crippen LogP contribution in [-0.2, 0) is 0 Å². The van der Waals surface area contributed by atoms with Crippen molar-refractivity contribution in [2.45, 2.75) is 6.43 Å². The van der Waals surface area contributed by atoms with E-state index in [9.17, 15) is 26.5 Å². The van der Waals surface area contributed by atoms with Gasteiger partial charge in [0, 0.05) is 0 Å². The SMILES string of the molecule is FC(=C(F)N(F)F)C(F)F. The molecule has 60 valence electrons. The predicted octanol–water partition coefficient (Wildman–Crippen LogP) is 2.43. The third-order valence-electron chi connectivity index (χ3n) is 0.537. The molecule has 0 radical (unpaired) electrons. The molecule has 0 amide bonds. The van der Waals surface area contributed by atoms with E-state index in [1.54, 1.807) is 0 Å². The first kappa shape index (κ1) is 9.12. The number of allylic oxidation sites excluding steroid dienone is 1. The Hall–Kier alpha value is -0.880. The van der Waals surface area contributed by atoms with Gasteiger partial charge in [-0.3, -0.25) is 0 Å². The topological polar surface area (TPSA) is 3.24 Å². The van der Waals surface area contributed by atoms with E-state index < -0.39 is 23.5 Å². The maximum Gasteiger partial charge on any atom is 0.294 e. The van der Waals surface area contributed by atoms with Crippen LogP contribution in [0.5, 0.6) is 0 Å². The number of hydrogen-bond donors (Lipinski definition) is 0. The van der Waals surface area contributed by atoms with E-state index >= 15 is 0 Å². The van der Waals surface area contributed by atoms with Gasteiger partial charge in [0.1, 0.15) is 0 Å². The molecule has 0 aromatic rings. The van der Waals surface area contributed by atoms with Crippen molar-refractivity contribution < 1.29 is 26.5 Å². The maximum atomic E-state index is 11.4. The van der Waals surface area contributed by atoms with E-state index in [1.807, 2.05) is 0 Å². The first-order valence-corrected chi connectivity index (χ1v) is 1.91. The highest BCUT2D eigenvalue weighted by atomic mass is 19.4. The molecule has 0 atom stereocenters. The summed E-state index contributed by atoms with van der Waals surface area (Å²) >= 11 is 0. The van der Waals surface area contributed by atoms with Crippen LogP contribution >= 0.6 is 0 Å². The molecule has 0 heterocycles. The molecule has 0 unspecified atom stereocenters. The molecule has 0 aliphatic rings. The highest BCUT2D eigenvalue weighted by Crippen LogP contribution is 2.19. The lowest BCUT2D eigenvalue weighted by atomic mass is 10.6. The van der Waals surface area contributed by atoms with Gasteiger partial charge in [0.2, 0.25) is 5.83 Å². The lowest BCUT2D eigenvalue weighted by Gasteiger charge is -1.98. The van der Waals surface area contributed by atoms with E-state index in [4.69, 9.17) is 0 Å². The Kier molecular flexibility index (Phi) is 3.04. The Labute approximate surface area is 51.4 Å². The van der Waals surface area contributed by atoms with E-state index in [2.05, 4.69) is 0 Å². The second kappa shape index (κ2) is 3.33. The molecular weight excluding hydrogens is 164 g/mol. The minimum absolute atomic E-state index is 2.36. The van der Waals surface area contributed by atoms with Crippen molar-refractivity contribution in [2.75, 3.05) is 0 Å². The van der Waals surface area contributed by atoms with Crippen molar-refractivity contribution in [3.8, 4) is 0 Å². The molecular formula is C3HF6N. The monoisotopic (exact) mass is 165 g/mol. The minimum atomic E-state index is -3.85. The molecule has 0 N–H and O–H groups in total. The van der Waals surface area contributed by atoms with E-state index in [-0.39, 0.29) is 0 Å². The molecule has 0 saturated heterocycles. The van der Waals surface area contributed by atoms with Crippen molar-refractivity contribution in [2.24, 2.45) is 0 Å². The van der Waals surface area contributed by atoms with Gasteiger partial charge in [0.25, 0.3) is 12.4 Å². The molecule has 0 aliphatic carbocycles. The summed E-state index contributed by atoms with van der Waals surface area (Å²) in [4.78, 5) is 0. The van der Waals surface area contributed by atoms with Crippen LogP contribution in [0.15, 0.2) is 11.8 Å². The zero-order chi connectivity index (χ0) is 8.31. The average molecular weight is 165 g/mol. The summed E-state index contributed by atoms with van der Waals surface area (Å²) in [6.07, 6.45) is -3.85. The smallest absolute Gasteiger partial charge is 0.202 e. The average Bonchev–Trinajstić information content (AvgIpc) is 1.84. The number of halogens is 6. The predicted molar refractivity (Wildman–Crippen MR) is 19.3 cm³/mol. The van der Waals surface area contributed by atoms with Crippen LogP contribution in [0.4, 0.5) is 26.5 Å². The number of hydrogen-bond acceptors (Lipinski definition) is 1. The van der Waals surface area contributed by atoms with Crippen LogP contribution in [0, 0.1) is 0 Å². The standard InChI is InChI=1S/C3HF6N/c4-1(2(5)6)3(7)10(8)9/h2H. The lowest BCUT2D eigenvalue weighted by Crippen LogP contribution is -2.02. The first-order valence-electron chi connectivity index (χ1n) is 1.91. The molecule has 0 aromatic heterocycles. The number of nitrogens with zero attached hydrogens (tertiary/aromatic N) is 1. The van der Waals surface area contributed by atoms with Crippen molar-refractivity contribution in [3.05, 3.63) is 11.8 Å². The van der Waals surface area contributed by atoms with Crippen LogP contribution in [0.1, 0.15) is 0 Å². The van der Waals surface area contributed by atoms with Crippen molar-refractivity contribution in [1.82, 2.24) is 5.34 Å². The largest absolute Gasteiger partial charge is 0.294 e. The van der Waals surface area contributed by atoms with Crippen LogP contribution < -0.4 is 0 Å². The second-order valence-electron chi connectivity index (χ2n) is 1.17. The Morgan fingerprint density at radius 2 is 1.50 bits per heavy atom. The summed E-state index contributed by atoms with van der Waals surface area (Å²) in [7, 11) is 0. The highest BCUT2D eigenvalue weighted by Gasteiger charge is 2.22. The molecule has 0 rings (SSSR count). The Morgan fingerprint density at radius 3 is 1.60 bits per heavy atom. The fourth-order valence-electron chi connectivity index (χ4n) is 0.171. The zero-order valence-electron chi connectivity index (χ0n) is 4.29. The minimum Gasteiger partial charge on any atom is -0.202 e. The molecule has 0 fully saturated rings. The summed E-state index contributed by atoms with van der Waals surface area (Å²) in [5, 5.41) is -2.36. The van der Waals surface area contributed by atoms with Crippen molar-refractivity contribution >= 4 is 0 Å². The molecule has 0 spiro atoms. The Morgan fingerprint density at radius 1 is 1.10 bits per heavy atom. The van der Waals surface area contributed by atoms with Gasteiger partial charge in [0.15, 0.2) is 0 Å². The summed E-state index contributed by atoms with van der Waals surface area (Å²) in [6, 6.07) is 0. The van der Waals surface area contributed by atoms with Gasteiger partial charge in [0.05, 0.1) is 0 Å². The third-order valence-corrected chi connectivity index (χ3v) is 0.537. The summed E-state index contributed by atoms with van der Waals surface area (Å²) in [5.74, 6) is -5.64. The van der Waals surface area contributed by atoms with E-state index in [1.165, 1.54) is 0 Å². The zero-order valence-corrected chi connectivity index (χ0v) is 4.29. The number of alkyl halides is 2. The van der Waals surface area contributed by atoms with Crippen LogP contribution in [0.3, 0.4) is 0 Å². The highest BCUT2D eigenvalue weighted by molar-refractivity contribution is 4.97. The molecule has 0 aromatic carbocycles. The summed E-state index contributed by atoms with van der Waals surface area (Å²) < 4.78 is 66.5. The fourth-order valence-corrected chi connectivity index (χ4v) is 0.171. The van der Waals surface area contributed by atoms with Gasteiger partial charge in [-0.25, -0.2) is 13.2 Å². The van der Waals surface area contributed by atoms with Crippen LogP contribution in [0.25, 0.3) is 0 Å². The maximum absolute atomic E-state index is 11.4. The van der Waals surface area contributed by atoms with Gasteiger partial charge < -0.3 is 0 Å². The molecule has 7 heteroatoms. The molecule has 0 saturated carbocycles. The third kappa shape index (κ3) is 2.16. The summed E-state index contributed by atoms with van der Waals surface area (Å²) in [5.41, 5.74) is 0. The Bertz CT molecular complexity index is 124. The van der Waals surface area contributed by atoms with Gasteiger partial charge in [-0.05, 0) is 5.34 Å². The van der Waals surface area contributed by atoms with Crippen LogP contribution in [-0.4, -0.2) is 11.8 Å². The fraction of sp³-hybridized carbons (Fsp3) is 0.333. The molecule has 1 nitrogen and oxygen atoms in total. The lowest BCUT2D eigenvalue weighted by molar-refractivity contribution is -0.142. The second-order valence-corrected chi connectivity index (χ2v) is 1.17.